The van der Waals surface area contributed by atoms with E-state index in [1.165, 1.54) is 7.11 Å². The van der Waals surface area contributed by atoms with Crippen LogP contribution in [0.25, 0.3) is 0 Å². The number of hydrogen-bond acceptors (Lipinski definition) is 5. The van der Waals surface area contributed by atoms with Crippen LogP contribution in [0.15, 0.2) is 16.6 Å². The van der Waals surface area contributed by atoms with Crippen molar-refractivity contribution >= 4 is 27.9 Å². The van der Waals surface area contributed by atoms with Gasteiger partial charge in [-0.2, -0.15) is 0 Å². The van der Waals surface area contributed by atoms with Crippen LogP contribution in [0.2, 0.25) is 0 Å². The topological polar surface area (TPSA) is 103 Å². The van der Waals surface area contributed by atoms with Crippen molar-refractivity contribution in [1.29, 1.82) is 0 Å². The first-order chi connectivity index (χ1) is 9.47. The van der Waals surface area contributed by atoms with Gasteiger partial charge in [-0.3, -0.25) is 10.1 Å². The highest BCUT2D eigenvalue weighted by Crippen LogP contribution is 2.36. The van der Waals surface area contributed by atoms with Crippen LogP contribution < -0.4 is 25.8 Å². The quantitative estimate of drug-likeness (QED) is 0.705. The minimum atomic E-state index is -0.922. The Kier molecular flexibility index (Phi) is 6.26. The van der Waals surface area contributed by atoms with Crippen LogP contribution in [0.4, 0.5) is 4.79 Å². The van der Waals surface area contributed by atoms with Gasteiger partial charge in [-0.05, 0) is 40.7 Å². The van der Waals surface area contributed by atoms with Gasteiger partial charge in [-0.25, -0.2) is 4.79 Å². The molecule has 3 amide bonds. The average Bonchev–Trinajstić information content (AvgIpc) is 2.36. The summed E-state index contributed by atoms with van der Waals surface area (Å²) in [4.78, 5) is 21.8. The molecule has 0 atom stereocenters. The third kappa shape index (κ3) is 4.71. The Bertz CT molecular complexity index is 508. The molecule has 0 heterocycles. The van der Waals surface area contributed by atoms with Gasteiger partial charge in [0.1, 0.15) is 0 Å². The lowest BCUT2D eigenvalue weighted by Gasteiger charge is -2.14. The van der Waals surface area contributed by atoms with Gasteiger partial charge < -0.3 is 20.5 Å². The number of carbonyl (C=O) groups excluding carboxylic acids is 2. The fourth-order valence-electron chi connectivity index (χ4n) is 1.53. The first-order valence-corrected chi connectivity index (χ1v) is 6.50. The highest BCUT2D eigenvalue weighted by Gasteiger charge is 2.14. The molecule has 4 N–H and O–H groups in total. The Hall–Kier alpha value is -1.80. The monoisotopic (exact) mass is 345 g/mol. The number of amides is 3. The van der Waals surface area contributed by atoms with Crippen LogP contribution in [-0.4, -0.2) is 32.7 Å². The maximum Gasteiger partial charge on any atom is 0.318 e. The minimum Gasteiger partial charge on any atom is -0.493 e. The molecular weight excluding hydrogens is 330 g/mol. The molecule has 0 radical (unpaired) electrons. The molecule has 7 nitrogen and oxygen atoms in total. The zero-order valence-electron chi connectivity index (χ0n) is 11.2. The SMILES string of the molecule is CNCc1cc(Br)c(OCC(=O)NC(N)=O)c(OC)c1. The number of methoxy groups -OCH3 is 1. The lowest BCUT2D eigenvalue weighted by Crippen LogP contribution is -2.38. The number of ether oxygens (including phenoxy) is 2. The summed E-state index contributed by atoms with van der Waals surface area (Å²) in [6.07, 6.45) is 0. The minimum absolute atomic E-state index is 0.344. The predicted molar refractivity (Wildman–Crippen MR) is 76.7 cm³/mol. The normalized spacial score (nSPS) is 9.95. The van der Waals surface area contributed by atoms with Crippen molar-refractivity contribution in [1.82, 2.24) is 10.6 Å². The molecule has 0 aromatic heterocycles. The largest absolute Gasteiger partial charge is 0.493 e. The van der Waals surface area contributed by atoms with E-state index in [1.807, 2.05) is 18.4 Å². The van der Waals surface area contributed by atoms with Crippen molar-refractivity contribution in [2.24, 2.45) is 5.73 Å². The number of halogens is 1. The third-order valence-corrected chi connectivity index (χ3v) is 2.87. The van der Waals surface area contributed by atoms with Crippen molar-refractivity contribution in [3.8, 4) is 11.5 Å². The summed E-state index contributed by atoms with van der Waals surface area (Å²) in [7, 11) is 3.33. The molecule has 0 aliphatic carbocycles. The van der Waals surface area contributed by atoms with E-state index in [-0.39, 0.29) is 6.61 Å². The molecule has 0 saturated carbocycles. The summed E-state index contributed by atoms with van der Waals surface area (Å²) >= 11 is 3.35. The Morgan fingerprint density at radius 1 is 1.40 bits per heavy atom. The van der Waals surface area contributed by atoms with E-state index in [0.717, 1.165) is 5.56 Å². The molecule has 0 spiro atoms. The third-order valence-electron chi connectivity index (χ3n) is 2.28. The highest BCUT2D eigenvalue weighted by molar-refractivity contribution is 9.10. The lowest BCUT2D eigenvalue weighted by atomic mass is 10.2. The van der Waals surface area contributed by atoms with E-state index >= 15 is 0 Å². The first kappa shape index (κ1) is 16.3. The van der Waals surface area contributed by atoms with Gasteiger partial charge >= 0.3 is 6.03 Å². The summed E-state index contributed by atoms with van der Waals surface area (Å²) in [5.41, 5.74) is 5.83. The molecule has 0 aliphatic rings. The summed E-state index contributed by atoms with van der Waals surface area (Å²) < 4.78 is 11.2. The zero-order chi connectivity index (χ0) is 15.1. The number of urea groups is 1. The molecule has 1 aromatic carbocycles. The van der Waals surface area contributed by atoms with Crippen molar-refractivity contribution < 1.29 is 19.1 Å². The number of primary amides is 1. The second-order valence-electron chi connectivity index (χ2n) is 3.84. The van der Waals surface area contributed by atoms with E-state index in [4.69, 9.17) is 15.2 Å². The molecule has 0 unspecified atom stereocenters. The van der Waals surface area contributed by atoms with Crippen LogP contribution in [0.1, 0.15) is 5.56 Å². The first-order valence-electron chi connectivity index (χ1n) is 5.71. The Balaban J connectivity index is 2.83. The number of rotatable bonds is 6. The summed E-state index contributed by atoms with van der Waals surface area (Å²) in [6, 6.07) is 2.72. The Morgan fingerprint density at radius 3 is 2.65 bits per heavy atom. The number of nitrogens with two attached hydrogens (primary N) is 1. The van der Waals surface area contributed by atoms with Crippen molar-refractivity contribution in [2.45, 2.75) is 6.54 Å². The molecule has 1 rings (SSSR count). The Morgan fingerprint density at radius 2 is 2.10 bits per heavy atom. The maximum atomic E-state index is 11.3. The van der Waals surface area contributed by atoms with Gasteiger partial charge in [0, 0.05) is 6.54 Å². The number of imide groups is 1. The summed E-state index contributed by atoms with van der Waals surface area (Å²) in [5.74, 6) is 0.231. The molecule has 0 bridgehead atoms. The molecule has 0 fully saturated rings. The van der Waals surface area contributed by atoms with Crippen LogP contribution >= 0.6 is 15.9 Å². The highest BCUT2D eigenvalue weighted by atomic mass is 79.9. The molecule has 1 aromatic rings. The molecule has 0 aliphatic heterocycles. The van der Waals surface area contributed by atoms with Crippen LogP contribution in [-0.2, 0) is 11.3 Å². The standard InChI is InChI=1S/C12H16BrN3O4/c1-15-5-7-3-8(13)11(9(4-7)19-2)20-6-10(17)16-12(14)18/h3-4,15H,5-6H2,1-2H3,(H3,14,16,17,18). The van der Waals surface area contributed by atoms with Crippen LogP contribution in [0, 0.1) is 0 Å². The van der Waals surface area contributed by atoms with Gasteiger partial charge in [0.25, 0.3) is 5.91 Å². The molecule has 8 heteroatoms. The van der Waals surface area contributed by atoms with E-state index in [9.17, 15) is 9.59 Å². The lowest BCUT2D eigenvalue weighted by molar-refractivity contribution is -0.121. The van der Waals surface area contributed by atoms with E-state index in [2.05, 4.69) is 21.2 Å². The van der Waals surface area contributed by atoms with E-state index in [1.54, 1.807) is 6.07 Å². The fraction of sp³-hybridized carbons (Fsp3) is 0.333. The molecule has 110 valence electrons. The van der Waals surface area contributed by atoms with Gasteiger partial charge in [0.05, 0.1) is 11.6 Å². The smallest absolute Gasteiger partial charge is 0.318 e. The second-order valence-corrected chi connectivity index (χ2v) is 4.69. The van der Waals surface area contributed by atoms with Crippen LogP contribution in [0.5, 0.6) is 11.5 Å². The van der Waals surface area contributed by atoms with Crippen molar-refractivity contribution in [2.75, 3.05) is 20.8 Å². The number of benzene rings is 1. The van der Waals surface area contributed by atoms with E-state index in [0.29, 0.717) is 22.5 Å². The average molecular weight is 346 g/mol. The van der Waals surface area contributed by atoms with Gasteiger partial charge in [0.15, 0.2) is 18.1 Å². The second kappa shape index (κ2) is 7.71. The van der Waals surface area contributed by atoms with Crippen molar-refractivity contribution in [3.05, 3.63) is 22.2 Å². The molecular formula is C12H16BrN3O4. The zero-order valence-corrected chi connectivity index (χ0v) is 12.7. The van der Waals surface area contributed by atoms with Gasteiger partial charge in [-0.15, -0.1) is 0 Å². The summed E-state index contributed by atoms with van der Waals surface area (Å²) in [6.45, 7) is 0.320. The fourth-order valence-corrected chi connectivity index (χ4v) is 2.13. The molecule has 0 saturated heterocycles. The van der Waals surface area contributed by atoms with Gasteiger partial charge in [0.2, 0.25) is 0 Å². The number of carbonyl (C=O) groups is 2. The van der Waals surface area contributed by atoms with E-state index < -0.39 is 11.9 Å². The summed E-state index contributed by atoms with van der Waals surface area (Å²) in [5, 5.41) is 4.93. The maximum absolute atomic E-state index is 11.3. The van der Waals surface area contributed by atoms with Crippen molar-refractivity contribution in [3.63, 3.8) is 0 Å². The molecule has 20 heavy (non-hydrogen) atoms. The van der Waals surface area contributed by atoms with Crippen LogP contribution in [0.3, 0.4) is 0 Å². The Labute approximate surface area is 124 Å². The number of hydrogen-bond donors (Lipinski definition) is 3. The van der Waals surface area contributed by atoms with Gasteiger partial charge in [-0.1, -0.05) is 0 Å². The number of nitrogens with one attached hydrogen (secondary N) is 2. The predicted octanol–water partition coefficient (Wildman–Crippen LogP) is 0.751.